The minimum atomic E-state index is 0.211. The molecule has 1 aliphatic rings. The van der Waals surface area contributed by atoms with Crippen LogP contribution in [0, 0.1) is 0 Å². The summed E-state index contributed by atoms with van der Waals surface area (Å²) in [6.45, 7) is 4.39. The fraction of sp³-hybridized carbons (Fsp3) is 0.600. The van der Waals surface area contributed by atoms with Gasteiger partial charge in [0.05, 0.1) is 11.6 Å². The van der Waals surface area contributed by atoms with Crippen molar-refractivity contribution in [1.29, 1.82) is 0 Å². The SMILES string of the molecule is CCN1CCCCC(N)C1c1ccc(OC)c(Br)c1. The second-order valence-electron chi connectivity index (χ2n) is 5.13. The first-order valence-electron chi connectivity index (χ1n) is 7.00. The zero-order valence-corrected chi connectivity index (χ0v) is 13.3. The number of hydrogen-bond acceptors (Lipinski definition) is 3. The molecule has 0 saturated carbocycles. The molecule has 0 radical (unpaired) electrons. The lowest BCUT2D eigenvalue weighted by molar-refractivity contribution is 0.195. The summed E-state index contributed by atoms with van der Waals surface area (Å²) in [5.74, 6) is 0.869. The lowest BCUT2D eigenvalue weighted by Crippen LogP contribution is -2.39. The molecule has 0 bridgehead atoms. The van der Waals surface area contributed by atoms with Gasteiger partial charge in [0, 0.05) is 12.1 Å². The molecule has 2 rings (SSSR count). The van der Waals surface area contributed by atoms with E-state index in [9.17, 15) is 0 Å². The topological polar surface area (TPSA) is 38.5 Å². The maximum Gasteiger partial charge on any atom is 0.133 e. The van der Waals surface area contributed by atoms with Crippen molar-refractivity contribution in [2.45, 2.75) is 38.3 Å². The van der Waals surface area contributed by atoms with E-state index in [0.29, 0.717) is 6.04 Å². The summed E-state index contributed by atoms with van der Waals surface area (Å²) in [6, 6.07) is 6.84. The molecule has 0 amide bonds. The van der Waals surface area contributed by atoms with Crippen LogP contribution in [0.1, 0.15) is 37.8 Å². The van der Waals surface area contributed by atoms with Crippen LogP contribution in [0.15, 0.2) is 22.7 Å². The molecule has 4 heteroatoms. The molecule has 0 spiro atoms. The highest BCUT2D eigenvalue weighted by atomic mass is 79.9. The van der Waals surface area contributed by atoms with Crippen LogP contribution < -0.4 is 10.5 Å². The van der Waals surface area contributed by atoms with Gasteiger partial charge in [0.25, 0.3) is 0 Å². The molecule has 0 aliphatic carbocycles. The Kier molecular flexibility index (Phi) is 5.25. The van der Waals surface area contributed by atoms with Gasteiger partial charge >= 0.3 is 0 Å². The molecular formula is C15H23BrN2O. The van der Waals surface area contributed by atoms with Crippen molar-refractivity contribution in [3.05, 3.63) is 28.2 Å². The van der Waals surface area contributed by atoms with Crippen LogP contribution in [0.4, 0.5) is 0 Å². The number of hydrogen-bond donors (Lipinski definition) is 1. The molecule has 1 heterocycles. The van der Waals surface area contributed by atoms with Gasteiger partial charge in [0.1, 0.15) is 5.75 Å². The third-order valence-corrected chi connectivity index (χ3v) is 4.57. The van der Waals surface area contributed by atoms with E-state index in [2.05, 4.69) is 39.9 Å². The molecule has 106 valence electrons. The number of benzene rings is 1. The van der Waals surface area contributed by atoms with Gasteiger partial charge < -0.3 is 10.5 Å². The summed E-state index contributed by atoms with van der Waals surface area (Å²) in [6.07, 6.45) is 3.58. The summed E-state index contributed by atoms with van der Waals surface area (Å²) >= 11 is 3.57. The van der Waals surface area contributed by atoms with Crippen molar-refractivity contribution >= 4 is 15.9 Å². The van der Waals surface area contributed by atoms with Crippen molar-refractivity contribution in [1.82, 2.24) is 4.90 Å². The quantitative estimate of drug-likeness (QED) is 0.925. The monoisotopic (exact) mass is 326 g/mol. The Hall–Kier alpha value is -0.580. The number of rotatable bonds is 3. The van der Waals surface area contributed by atoms with Gasteiger partial charge in [-0.15, -0.1) is 0 Å². The largest absolute Gasteiger partial charge is 0.496 e. The molecule has 1 aliphatic heterocycles. The standard InChI is InChI=1S/C15H23BrN2O/c1-3-18-9-5-4-6-13(17)15(18)11-7-8-14(19-2)12(16)10-11/h7-8,10,13,15H,3-6,9,17H2,1-2H3. The highest BCUT2D eigenvalue weighted by molar-refractivity contribution is 9.10. The Morgan fingerprint density at radius 2 is 2.21 bits per heavy atom. The van der Waals surface area contributed by atoms with Crippen LogP contribution in [0.3, 0.4) is 0 Å². The Labute approximate surface area is 124 Å². The lowest BCUT2D eigenvalue weighted by atomic mass is 9.96. The Bertz CT molecular complexity index is 425. The van der Waals surface area contributed by atoms with E-state index in [1.165, 1.54) is 18.4 Å². The second-order valence-corrected chi connectivity index (χ2v) is 5.98. The van der Waals surface area contributed by atoms with E-state index in [-0.39, 0.29) is 6.04 Å². The molecule has 3 nitrogen and oxygen atoms in total. The maximum atomic E-state index is 6.41. The molecule has 2 unspecified atom stereocenters. The third kappa shape index (κ3) is 3.30. The number of nitrogens with zero attached hydrogens (tertiary/aromatic N) is 1. The van der Waals surface area contributed by atoms with Gasteiger partial charge in [0.2, 0.25) is 0 Å². The van der Waals surface area contributed by atoms with E-state index in [0.717, 1.165) is 29.7 Å². The first-order valence-corrected chi connectivity index (χ1v) is 7.79. The fourth-order valence-electron chi connectivity index (χ4n) is 2.94. The van der Waals surface area contributed by atoms with Crippen molar-refractivity contribution in [3.63, 3.8) is 0 Å². The average Bonchev–Trinajstić information content (AvgIpc) is 2.60. The molecule has 19 heavy (non-hydrogen) atoms. The summed E-state index contributed by atoms with van der Waals surface area (Å²) in [7, 11) is 1.69. The van der Waals surface area contributed by atoms with E-state index < -0.39 is 0 Å². The summed E-state index contributed by atoms with van der Waals surface area (Å²) in [5.41, 5.74) is 7.69. The number of ether oxygens (including phenoxy) is 1. The predicted molar refractivity (Wildman–Crippen MR) is 82.5 cm³/mol. The minimum Gasteiger partial charge on any atom is -0.496 e. The van der Waals surface area contributed by atoms with Crippen LogP contribution >= 0.6 is 15.9 Å². The normalized spacial score (nSPS) is 25.1. The summed E-state index contributed by atoms with van der Waals surface area (Å²) < 4.78 is 6.30. The van der Waals surface area contributed by atoms with Crippen molar-refractivity contribution in [2.24, 2.45) is 5.73 Å². The van der Waals surface area contributed by atoms with Crippen LogP contribution in [0.2, 0.25) is 0 Å². The number of likely N-dealkylation sites (N-methyl/N-ethyl adjacent to an activating group) is 1. The van der Waals surface area contributed by atoms with Gasteiger partial charge in [-0.3, -0.25) is 4.90 Å². The van der Waals surface area contributed by atoms with Gasteiger partial charge in [0.15, 0.2) is 0 Å². The van der Waals surface area contributed by atoms with E-state index in [1.807, 2.05) is 6.07 Å². The summed E-state index contributed by atoms with van der Waals surface area (Å²) in [5, 5.41) is 0. The minimum absolute atomic E-state index is 0.211. The lowest BCUT2D eigenvalue weighted by Gasteiger charge is -2.33. The maximum absolute atomic E-state index is 6.41. The smallest absolute Gasteiger partial charge is 0.133 e. The molecular weight excluding hydrogens is 304 g/mol. The molecule has 2 atom stereocenters. The van der Waals surface area contributed by atoms with Crippen LogP contribution in [-0.4, -0.2) is 31.1 Å². The predicted octanol–water partition coefficient (Wildman–Crippen LogP) is 3.33. The first-order chi connectivity index (χ1) is 9.17. The molecule has 1 aromatic rings. The fourth-order valence-corrected chi connectivity index (χ4v) is 3.50. The number of likely N-dealkylation sites (tertiary alicyclic amines) is 1. The molecule has 1 fully saturated rings. The highest BCUT2D eigenvalue weighted by Gasteiger charge is 2.28. The van der Waals surface area contributed by atoms with Crippen LogP contribution in [0.25, 0.3) is 0 Å². The second kappa shape index (κ2) is 6.73. The van der Waals surface area contributed by atoms with E-state index >= 15 is 0 Å². The molecule has 0 aromatic heterocycles. The van der Waals surface area contributed by atoms with E-state index in [4.69, 9.17) is 10.5 Å². The Balaban J connectivity index is 2.32. The van der Waals surface area contributed by atoms with Gasteiger partial charge in [-0.1, -0.05) is 19.4 Å². The number of nitrogens with two attached hydrogens (primary N) is 1. The zero-order chi connectivity index (χ0) is 13.8. The summed E-state index contributed by atoms with van der Waals surface area (Å²) in [4.78, 5) is 2.49. The Morgan fingerprint density at radius 3 is 2.84 bits per heavy atom. The highest BCUT2D eigenvalue weighted by Crippen LogP contribution is 2.33. The van der Waals surface area contributed by atoms with Gasteiger partial charge in [-0.2, -0.15) is 0 Å². The molecule has 1 saturated heterocycles. The van der Waals surface area contributed by atoms with Crippen LogP contribution in [-0.2, 0) is 0 Å². The van der Waals surface area contributed by atoms with Crippen LogP contribution in [0.5, 0.6) is 5.75 Å². The van der Waals surface area contributed by atoms with Gasteiger partial charge in [-0.05, 0) is 59.6 Å². The van der Waals surface area contributed by atoms with Crippen molar-refractivity contribution in [3.8, 4) is 5.75 Å². The van der Waals surface area contributed by atoms with E-state index in [1.54, 1.807) is 7.11 Å². The number of methoxy groups -OCH3 is 1. The molecule has 1 aromatic carbocycles. The molecule has 2 N–H and O–H groups in total. The Morgan fingerprint density at radius 1 is 1.42 bits per heavy atom. The van der Waals surface area contributed by atoms with Crippen molar-refractivity contribution < 1.29 is 4.74 Å². The van der Waals surface area contributed by atoms with Crippen molar-refractivity contribution in [2.75, 3.05) is 20.2 Å². The van der Waals surface area contributed by atoms with Gasteiger partial charge in [-0.25, -0.2) is 0 Å². The third-order valence-electron chi connectivity index (χ3n) is 3.96. The zero-order valence-electron chi connectivity index (χ0n) is 11.7. The number of halogens is 1. The average molecular weight is 327 g/mol. The first kappa shape index (κ1) is 14.8.